The molecule has 0 aliphatic carbocycles. The van der Waals surface area contributed by atoms with Crippen LogP contribution in [-0.2, 0) is 5.75 Å². The van der Waals surface area contributed by atoms with Gasteiger partial charge in [0.2, 0.25) is 0 Å². The fourth-order valence-electron chi connectivity index (χ4n) is 2.53. The Morgan fingerprint density at radius 3 is 2.14 bits per heavy atom. The summed E-state index contributed by atoms with van der Waals surface area (Å²) in [7, 11) is 0. The summed E-state index contributed by atoms with van der Waals surface area (Å²) >= 11 is 15.3. The van der Waals surface area contributed by atoms with Gasteiger partial charge < -0.3 is 0 Å². The smallest absolute Gasteiger partial charge is 0.162 e. The zero-order valence-electron chi connectivity index (χ0n) is 15.1. The Morgan fingerprint density at radius 1 is 0.793 bits per heavy atom. The molecule has 0 radical (unpaired) electrons. The van der Waals surface area contributed by atoms with Crippen molar-refractivity contribution < 1.29 is 0 Å². The first kappa shape index (κ1) is 20.2. The van der Waals surface area contributed by atoms with E-state index < -0.39 is 0 Å². The van der Waals surface area contributed by atoms with Gasteiger partial charge in [0.15, 0.2) is 5.82 Å². The van der Waals surface area contributed by atoms with Crippen molar-refractivity contribution in [3.63, 3.8) is 0 Å². The highest BCUT2D eigenvalue weighted by molar-refractivity contribution is 7.99. The van der Waals surface area contributed by atoms with Crippen LogP contribution in [-0.4, -0.2) is 15.0 Å². The van der Waals surface area contributed by atoms with E-state index in [0.717, 1.165) is 36.8 Å². The number of aromatic nitrogens is 3. The molecule has 0 spiro atoms. The molecule has 0 amide bonds. The van der Waals surface area contributed by atoms with Crippen LogP contribution >= 0.6 is 46.7 Å². The summed E-state index contributed by atoms with van der Waals surface area (Å²) in [6.07, 6.45) is 3.52. The first-order chi connectivity index (χ1) is 14.2. The zero-order chi connectivity index (χ0) is 20.1. The van der Waals surface area contributed by atoms with Gasteiger partial charge in [0, 0.05) is 43.5 Å². The lowest BCUT2D eigenvalue weighted by Gasteiger charge is -2.08. The second kappa shape index (κ2) is 9.63. The van der Waals surface area contributed by atoms with Crippen LogP contribution < -0.4 is 0 Å². The molecule has 29 heavy (non-hydrogen) atoms. The van der Waals surface area contributed by atoms with Gasteiger partial charge in [-0.2, -0.15) is 0 Å². The van der Waals surface area contributed by atoms with E-state index in [0.29, 0.717) is 10.8 Å². The van der Waals surface area contributed by atoms with Crippen LogP contribution in [0.2, 0.25) is 10.0 Å². The number of pyridine rings is 1. The molecule has 144 valence electrons. The molecule has 2 aromatic carbocycles. The molecule has 0 aliphatic heterocycles. The van der Waals surface area contributed by atoms with Crippen molar-refractivity contribution in [3.05, 3.63) is 94.9 Å². The topological polar surface area (TPSA) is 38.7 Å². The summed E-state index contributed by atoms with van der Waals surface area (Å²) in [6.45, 7) is 0. The monoisotopic (exact) mass is 455 g/mol. The van der Waals surface area contributed by atoms with Crippen LogP contribution in [0.5, 0.6) is 0 Å². The molecule has 0 unspecified atom stereocenters. The molecule has 0 N–H and O–H groups in total. The van der Waals surface area contributed by atoms with Crippen molar-refractivity contribution in [2.75, 3.05) is 0 Å². The van der Waals surface area contributed by atoms with Gasteiger partial charge in [-0.05, 0) is 66.7 Å². The number of thioether (sulfide) groups is 1. The number of benzene rings is 2. The van der Waals surface area contributed by atoms with E-state index in [2.05, 4.69) is 4.98 Å². The lowest BCUT2D eigenvalue weighted by atomic mass is 10.2. The molecule has 0 saturated heterocycles. The quantitative estimate of drug-likeness (QED) is 0.225. The van der Waals surface area contributed by atoms with Crippen LogP contribution in [0.15, 0.2) is 93.9 Å². The highest BCUT2D eigenvalue weighted by Gasteiger charge is 2.10. The summed E-state index contributed by atoms with van der Waals surface area (Å²) in [5, 5.41) is 2.33. The summed E-state index contributed by atoms with van der Waals surface area (Å²) in [6, 6.07) is 21.4. The largest absolute Gasteiger partial charge is 0.264 e. The van der Waals surface area contributed by atoms with E-state index in [-0.39, 0.29) is 0 Å². The van der Waals surface area contributed by atoms with E-state index in [4.69, 9.17) is 33.2 Å². The van der Waals surface area contributed by atoms with Gasteiger partial charge in [-0.3, -0.25) is 4.98 Å². The predicted octanol–water partition coefficient (Wildman–Crippen LogP) is 7.29. The maximum Gasteiger partial charge on any atom is 0.162 e. The van der Waals surface area contributed by atoms with E-state index in [1.165, 1.54) is 0 Å². The van der Waals surface area contributed by atoms with Crippen LogP contribution in [0, 0.1) is 0 Å². The Kier molecular flexibility index (Phi) is 6.72. The van der Waals surface area contributed by atoms with Gasteiger partial charge in [0.05, 0.1) is 5.69 Å². The SMILES string of the molecule is Clc1ccc(SCc2cc(Sc3ccc(Cl)cc3)nc(-c3cccnc3)n2)cc1. The average Bonchev–Trinajstić information content (AvgIpc) is 2.75. The zero-order valence-corrected chi connectivity index (χ0v) is 18.3. The molecule has 0 saturated carbocycles. The third-order valence-corrected chi connectivity index (χ3v) is 6.39. The normalized spacial score (nSPS) is 10.8. The predicted molar refractivity (Wildman–Crippen MR) is 122 cm³/mol. The maximum absolute atomic E-state index is 6.00. The Labute approximate surface area is 187 Å². The number of hydrogen-bond acceptors (Lipinski definition) is 5. The minimum Gasteiger partial charge on any atom is -0.264 e. The lowest BCUT2D eigenvalue weighted by Crippen LogP contribution is -1.97. The highest BCUT2D eigenvalue weighted by Crippen LogP contribution is 2.31. The van der Waals surface area contributed by atoms with Crippen molar-refractivity contribution >= 4 is 46.7 Å². The molecule has 0 aliphatic rings. The van der Waals surface area contributed by atoms with Gasteiger partial charge in [-0.1, -0.05) is 35.0 Å². The highest BCUT2D eigenvalue weighted by atomic mass is 35.5. The number of nitrogens with zero attached hydrogens (tertiary/aromatic N) is 3. The Hall–Kier alpha value is -2.05. The molecular weight excluding hydrogens is 441 g/mol. The molecule has 4 rings (SSSR count). The van der Waals surface area contributed by atoms with E-state index in [9.17, 15) is 0 Å². The number of halogens is 2. The third-order valence-electron chi connectivity index (χ3n) is 3.91. The fourth-order valence-corrected chi connectivity index (χ4v) is 4.42. The molecule has 3 nitrogen and oxygen atoms in total. The van der Waals surface area contributed by atoms with Gasteiger partial charge in [0.25, 0.3) is 0 Å². The van der Waals surface area contributed by atoms with E-state index in [1.807, 2.05) is 66.7 Å². The van der Waals surface area contributed by atoms with Crippen LogP contribution in [0.4, 0.5) is 0 Å². The van der Waals surface area contributed by atoms with E-state index >= 15 is 0 Å². The minimum absolute atomic E-state index is 0.670. The minimum atomic E-state index is 0.670. The third kappa shape index (κ3) is 5.73. The summed E-state index contributed by atoms with van der Waals surface area (Å²) in [5.74, 6) is 1.40. The van der Waals surface area contributed by atoms with E-state index in [1.54, 1.807) is 35.9 Å². The van der Waals surface area contributed by atoms with Gasteiger partial charge in [0.1, 0.15) is 5.03 Å². The van der Waals surface area contributed by atoms with Crippen molar-refractivity contribution in [3.8, 4) is 11.4 Å². The second-order valence-electron chi connectivity index (χ2n) is 6.06. The Bertz CT molecular complexity index is 1090. The number of rotatable bonds is 6. The fraction of sp³-hybridized carbons (Fsp3) is 0.0455. The number of hydrogen-bond donors (Lipinski definition) is 0. The molecule has 4 aromatic rings. The Balaban J connectivity index is 1.62. The Morgan fingerprint density at radius 2 is 1.48 bits per heavy atom. The van der Waals surface area contributed by atoms with Crippen LogP contribution in [0.1, 0.15) is 5.69 Å². The molecule has 7 heteroatoms. The molecule has 0 atom stereocenters. The molecular formula is C22H15Cl2N3S2. The van der Waals surface area contributed by atoms with Gasteiger partial charge >= 0.3 is 0 Å². The molecule has 2 aromatic heterocycles. The second-order valence-corrected chi connectivity index (χ2v) is 9.08. The average molecular weight is 456 g/mol. The molecule has 2 heterocycles. The molecule has 0 bridgehead atoms. The first-order valence-electron chi connectivity index (χ1n) is 8.76. The van der Waals surface area contributed by atoms with Crippen LogP contribution in [0.3, 0.4) is 0 Å². The molecule has 0 fully saturated rings. The summed E-state index contributed by atoms with van der Waals surface area (Å²) in [5.41, 5.74) is 1.85. The maximum atomic E-state index is 6.00. The van der Waals surface area contributed by atoms with Crippen molar-refractivity contribution in [2.24, 2.45) is 0 Å². The van der Waals surface area contributed by atoms with Gasteiger partial charge in [-0.25, -0.2) is 9.97 Å². The summed E-state index contributed by atoms with van der Waals surface area (Å²) < 4.78 is 0. The van der Waals surface area contributed by atoms with Crippen molar-refractivity contribution in [1.82, 2.24) is 15.0 Å². The van der Waals surface area contributed by atoms with Crippen molar-refractivity contribution in [1.29, 1.82) is 0 Å². The lowest BCUT2D eigenvalue weighted by molar-refractivity contribution is 1.01. The first-order valence-corrected chi connectivity index (χ1v) is 11.3. The standard InChI is InChI=1S/C22H15Cl2N3S2/c23-16-3-7-19(8-4-16)28-14-18-12-21(29-20-9-5-17(24)6-10-20)27-22(26-18)15-2-1-11-25-13-15/h1-13H,14H2. The van der Waals surface area contributed by atoms with Crippen molar-refractivity contribution in [2.45, 2.75) is 20.6 Å². The summed E-state index contributed by atoms with van der Waals surface area (Å²) in [4.78, 5) is 15.9. The van der Waals surface area contributed by atoms with Gasteiger partial charge in [-0.15, -0.1) is 11.8 Å². The van der Waals surface area contributed by atoms with Crippen LogP contribution in [0.25, 0.3) is 11.4 Å².